The lowest BCUT2D eigenvalue weighted by Crippen LogP contribution is -2.41. The van der Waals surface area contributed by atoms with E-state index in [1.54, 1.807) is 0 Å². The molecule has 0 saturated heterocycles. The van der Waals surface area contributed by atoms with Gasteiger partial charge >= 0.3 is 0 Å². The van der Waals surface area contributed by atoms with Crippen LogP contribution in [0.5, 0.6) is 0 Å². The van der Waals surface area contributed by atoms with Gasteiger partial charge in [0, 0.05) is 12.6 Å². The van der Waals surface area contributed by atoms with Crippen molar-refractivity contribution in [2.75, 3.05) is 13.1 Å². The fraction of sp³-hybridized carbons (Fsp3) is 0.588. The van der Waals surface area contributed by atoms with Gasteiger partial charge in [0.2, 0.25) is 5.91 Å². The van der Waals surface area contributed by atoms with Gasteiger partial charge in [0.25, 0.3) is 0 Å². The van der Waals surface area contributed by atoms with Gasteiger partial charge in [0.05, 0.1) is 6.54 Å². The smallest absolute Gasteiger partial charge is 0.234 e. The van der Waals surface area contributed by atoms with E-state index in [0.29, 0.717) is 19.1 Å². The van der Waals surface area contributed by atoms with Crippen molar-refractivity contribution in [3.63, 3.8) is 0 Å². The van der Waals surface area contributed by atoms with Crippen LogP contribution in [-0.4, -0.2) is 29.9 Å². The second kappa shape index (κ2) is 9.54. The zero-order chi connectivity index (χ0) is 14.8. The van der Waals surface area contributed by atoms with Crippen molar-refractivity contribution in [1.29, 1.82) is 0 Å². The molecular formula is C17H28N2O. The third kappa shape index (κ3) is 6.71. The summed E-state index contributed by atoms with van der Waals surface area (Å²) in [6.07, 6.45) is 3.61. The summed E-state index contributed by atoms with van der Waals surface area (Å²) in [5.74, 6) is 0.110. The Morgan fingerprint density at radius 1 is 1.20 bits per heavy atom. The lowest BCUT2D eigenvalue weighted by Gasteiger charge is -2.25. The largest absolute Gasteiger partial charge is 0.351 e. The van der Waals surface area contributed by atoms with E-state index < -0.39 is 0 Å². The number of carbonyl (C=O) groups is 1. The Balaban J connectivity index is 2.34. The number of nitrogens with zero attached hydrogens (tertiary/aromatic N) is 1. The number of unbranched alkanes of at least 4 members (excludes halogenated alkanes) is 2. The number of benzene rings is 1. The van der Waals surface area contributed by atoms with Crippen LogP contribution in [0.4, 0.5) is 0 Å². The average molecular weight is 276 g/mol. The number of amides is 1. The molecule has 0 spiro atoms. The van der Waals surface area contributed by atoms with Crippen molar-refractivity contribution in [1.82, 2.24) is 10.2 Å². The highest BCUT2D eigenvalue weighted by atomic mass is 16.2. The molecule has 1 aromatic carbocycles. The lowest BCUT2D eigenvalue weighted by molar-refractivity contribution is -0.122. The van der Waals surface area contributed by atoms with Crippen LogP contribution in [0.25, 0.3) is 0 Å². The first-order valence-electron chi connectivity index (χ1n) is 7.68. The summed E-state index contributed by atoms with van der Waals surface area (Å²) in [5, 5.41) is 2.99. The maximum atomic E-state index is 12.0. The van der Waals surface area contributed by atoms with Gasteiger partial charge in [-0.25, -0.2) is 0 Å². The highest BCUT2D eigenvalue weighted by Crippen LogP contribution is 2.03. The standard InChI is InChI=1S/C17H28N2O/c1-4-5-9-12-19(15(2)3)14-17(20)18-13-16-10-7-6-8-11-16/h6-8,10-11,15H,4-5,9,12-14H2,1-3H3,(H,18,20). The molecular weight excluding hydrogens is 248 g/mol. The molecule has 0 heterocycles. The first-order valence-corrected chi connectivity index (χ1v) is 7.68. The molecule has 112 valence electrons. The molecule has 0 unspecified atom stereocenters. The molecule has 3 nitrogen and oxygen atoms in total. The van der Waals surface area contributed by atoms with Crippen LogP contribution in [-0.2, 0) is 11.3 Å². The minimum Gasteiger partial charge on any atom is -0.351 e. The Hall–Kier alpha value is -1.35. The second-order valence-corrected chi connectivity index (χ2v) is 5.53. The van der Waals surface area contributed by atoms with Gasteiger partial charge in [-0.05, 0) is 32.4 Å². The summed E-state index contributed by atoms with van der Waals surface area (Å²) in [6, 6.07) is 10.4. The number of hydrogen-bond acceptors (Lipinski definition) is 2. The monoisotopic (exact) mass is 276 g/mol. The zero-order valence-electron chi connectivity index (χ0n) is 13.1. The van der Waals surface area contributed by atoms with E-state index >= 15 is 0 Å². The van der Waals surface area contributed by atoms with Gasteiger partial charge in [-0.2, -0.15) is 0 Å². The molecule has 1 aromatic rings. The van der Waals surface area contributed by atoms with E-state index in [1.807, 2.05) is 30.3 Å². The predicted molar refractivity (Wildman–Crippen MR) is 84.5 cm³/mol. The lowest BCUT2D eigenvalue weighted by atomic mass is 10.2. The third-order valence-electron chi connectivity index (χ3n) is 3.46. The third-order valence-corrected chi connectivity index (χ3v) is 3.46. The Labute approximate surface area is 123 Å². The molecule has 0 saturated carbocycles. The van der Waals surface area contributed by atoms with E-state index in [2.05, 4.69) is 31.0 Å². The molecule has 1 rings (SSSR count). The summed E-state index contributed by atoms with van der Waals surface area (Å²) in [5.41, 5.74) is 1.14. The molecule has 0 atom stereocenters. The van der Waals surface area contributed by atoms with Crippen molar-refractivity contribution in [2.24, 2.45) is 0 Å². The van der Waals surface area contributed by atoms with Crippen LogP contribution >= 0.6 is 0 Å². The molecule has 0 fully saturated rings. The fourth-order valence-corrected chi connectivity index (χ4v) is 2.12. The zero-order valence-corrected chi connectivity index (χ0v) is 13.1. The molecule has 0 bridgehead atoms. The molecule has 0 aromatic heterocycles. The SMILES string of the molecule is CCCCCN(CC(=O)NCc1ccccc1)C(C)C. The van der Waals surface area contributed by atoms with E-state index in [9.17, 15) is 4.79 Å². The summed E-state index contributed by atoms with van der Waals surface area (Å²) >= 11 is 0. The van der Waals surface area contributed by atoms with Crippen LogP contribution in [0.15, 0.2) is 30.3 Å². The minimum atomic E-state index is 0.110. The Bertz CT molecular complexity index is 376. The predicted octanol–water partition coefficient (Wildman–Crippen LogP) is 3.20. The Kier molecular flexibility index (Phi) is 7.97. The maximum Gasteiger partial charge on any atom is 0.234 e. The average Bonchev–Trinajstić information content (AvgIpc) is 2.45. The normalized spacial score (nSPS) is 11.1. The van der Waals surface area contributed by atoms with Gasteiger partial charge < -0.3 is 5.32 Å². The van der Waals surface area contributed by atoms with E-state index in [-0.39, 0.29) is 5.91 Å². The van der Waals surface area contributed by atoms with Crippen LogP contribution < -0.4 is 5.32 Å². The number of rotatable bonds is 9. The highest BCUT2D eigenvalue weighted by Gasteiger charge is 2.13. The number of nitrogens with one attached hydrogen (secondary N) is 1. The molecule has 20 heavy (non-hydrogen) atoms. The van der Waals surface area contributed by atoms with Crippen LogP contribution in [0.3, 0.4) is 0 Å². The maximum absolute atomic E-state index is 12.0. The van der Waals surface area contributed by atoms with E-state index in [1.165, 1.54) is 19.3 Å². The quantitative estimate of drug-likeness (QED) is 0.702. The number of carbonyl (C=O) groups excluding carboxylic acids is 1. The van der Waals surface area contributed by atoms with Crippen LogP contribution in [0, 0.1) is 0 Å². The van der Waals surface area contributed by atoms with Crippen LogP contribution in [0.2, 0.25) is 0 Å². The van der Waals surface area contributed by atoms with E-state index in [0.717, 1.165) is 12.1 Å². The first kappa shape index (κ1) is 16.7. The van der Waals surface area contributed by atoms with E-state index in [4.69, 9.17) is 0 Å². The summed E-state index contributed by atoms with van der Waals surface area (Å²) in [6.45, 7) is 8.61. The summed E-state index contributed by atoms with van der Waals surface area (Å²) in [7, 11) is 0. The summed E-state index contributed by atoms with van der Waals surface area (Å²) < 4.78 is 0. The Morgan fingerprint density at radius 2 is 1.90 bits per heavy atom. The molecule has 0 radical (unpaired) electrons. The Morgan fingerprint density at radius 3 is 2.50 bits per heavy atom. The highest BCUT2D eigenvalue weighted by molar-refractivity contribution is 5.78. The van der Waals surface area contributed by atoms with Crippen LogP contribution in [0.1, 0.15) is 45.6 Å². The first-order chi connectivity index (χ1) is 9.63. The van der Waals surface area contributed by atoms with Gasteiger partial charge in [-0.1, -0.05) is 50.1 Å². The molecule has 0 aliphatic carbocycles. The van der Waals surface area contributed by atoms with Gasteiger partial charge in [-0.3, -0.25) is 9.69 Å². The number of hydrogen-bond donors (Lipinski definition) is 1. The molecule has 1 amide bonds. The molecule has 0 aliphatic rings. The second-order valence-electron chi connectivity index (χ2n) is 5.53. The molecule has 1 N–H and O–H groups in total. The van der Waals surface area contributed by atoms with Crippen molar-refractivity contribution >= 4 is 5.91 Å². The van der Waals surface area contributed by atoms with Crippen molar-refractivity contribution in [2.45, 2.75) is 52.6 Å². The van der Waals surface area contributed by atoms with Gasteiger partial charge in [0.1, 0.15) is 0 Å². The van der Waals surface area contributed by atoms with Crippen molar-refractivity contribution < 1.29 is 4.79 Å². The fourth-order valence-electron chi connectivity index (χ4n) is 2.12. The summed E-state index contributed by atoms with van der Waals surface area (Å²) in [4.78, 5) is 14.3. The molecule has 0 aliphatic heterocycles. The molecule has 3 heteroatoms. The van der Waals surface area contributed by atoms with Crippen molar-refractivity contribution in [3.8, 4) is 0 Å². The minimum absolute atomic E-state index is 0.110. The topological polar surface area (TPSA) is 32.3 Å². The van der Waals surface area contributed by atoms with Crippen molar-refractivity contribution in [3.05, 3.63) is 35.9 Å². The van der Waals surface area contributed by atoms with Gasteiger partial charge in [-0.15, -0.1) is 0 Å². The van der Waals surface area contributed by atoms with Gasteiger partial charge in [0.15, 0.2) is 0 Å².